The predicted molar refractivity (Wildman–Crippen MR) is 55.9 cm³/mol. The fourth-order valence-electron chi connectivity index (χ4n) is 1.58. The number of carbonyl (C=O) groups excluding carboxylic acids is 1. The van der Waals surface area contributed by atoms with Gasteiger partial charge in [-0.2, -0.15) is 0 Å². The number of aliphatic hydroxyl groups is 4. The molecular formula is C8H14N4O6. The van der Waals surface area contributed by atoms with Gasteiger partial charge in [0.1, 0.15) is 30.9 Å². The maximum Gasteiger partial charge on any atom is 0.226 e. The van der Waals surface area contributed by atoms with Gasteiger partial charge in [0, 0.05) is 4.91 Å². The van der Waals surface area contributed by atoms with Crippen molar-refractivity contribution in [1.29, 1.82) is 0 Å². The Labute approximate surface area is 101 Å². The smallest absolute Gasteiger partial charge is 0.226 e. The third-order valence-corrected chi connectivity index (χ3v) is 2.51. The first-order chi connectivity index (χ1) is 8.51. The number of nitrogens with zero attached hydrogens (tertiary/aromatic N) is 3. The van der Waals surface area contributed by atoms with Gasteiger partial charge >= 0.3 is 0 Å². The molecule has 0 saturated carbocycles. The van der Waals surface area contributed by atoms with Crippen LogP contribution in [0, 0.1) is 0 Å². The topological polar surface area (TPSA) is 168 Å². The van der Waals surface area contributed by atoms with Crippen molar-refractivity contribution in [2.75, 3.05) is 13.2 Å². The summed E-state index contributed by atoms with van der Waals surface area (Å²) in [6.45, 7) is -1.10. The van der Waals surface area contributed by atoms with Gasteiger partial charge in [0.2, 0.25) is 5.91 Å². The van der Waals surface area contributed by atoms with E-state index in [1.807, 2.05) is 0 Å². The molecule has 1 amide bonds. The van der Waals surface area contributed by atoms with Crippen molar-refractivity contribution in [2.24, 2.45) is 5.11 Å². The summed E-state index contributed by atoms with van der Waals surface area (Å²) in [5, 5.41) is 42.7. The van der Waals surface area contributed by atoms with Crippen LogP contribution in [0.1, 0.15) is 0 Å². The van der Waals surface area contributed by atoms with E-state index in [1.54, 1.807) is 0 Å². The number of amides is 1. The number of ether oxygens (including phenoxy) is 1. The van der Waals surface area contributed by atoms with Gasteiger partial charge in [0.25, 0.3) is 0 Å². The highest BCUT2D eigenvalue weighted by Crippen LogP contribution is 2.19. The van der Waals surface area contributed by atoms with Crippen molar-refractivity contribution in [3.63, 3.8) is 0 Å². The van der Waals surface area contributed by atoms with E-state index in [2.05, 4.69) is 15.3 Å². The van der Waals surface area contributed by atoms with Gasteiger partial charge in [-0.05, 0) is 5.53 Å². The van der Waals surface area contributed by atoms with Crippen molar-refractivity contribution in [1.82, 2.24) is 5.32 Å². The molecule has 5 atom stereocenters. The molecule has 0 aromatic heterocycles. The van der Waals surface area contributed by atoms with E-state index in [0.717, 1.165) is 0 Å². The molecule has 1 heterocycles. The van der Waals surface area contributed by atoms with Crippen molar-refractivity contribution in [3.05, 3.63) is 10.4 Å². The van der Waals surface area contributed by atoms with E-state index in [4.69, 9.17) is 15.4 Å². The van der Waals surface area contributed by atoms with E-state index in [-0.39, 0.29) is 0 Å². The van der Waals surface area contributed by atoms with Gasteiger partial charge in [-0.3, -0.25) is 4.79 Å². The van der Waals surface area contributed by atoms with Crippen molar-refractivity contribution in [3.8, 4) is 0 Å². The molecule has 10 heteroatoms. The van der Waals surface area contributed by atoms with E-state index in [9.17, 15) is 20.1 Å². The number of rotatable bonds is 4. The first-order valence-corrected chi connectivity index (χ1v) is 5.12. The molecule has 1 aliphatic heterocycles. The molecule has 10 nitrogen and oxygen atoms in total. The van der Waals surface area contributed by atoms with Crippen molar-refractivity contribution < 1.29 is 30.0 Å². The summed E-state index contributed by atoms with van der Waals surface area (Å²) in [6.07, 6.45) is -5.69. The maximum absolute atomic E-state index is 11.2. The van der Waals surface area contributed by atoms with E-state index < -0.39 is 49.7 Å². The minimum absolute atomic E-state index is 0.508. The predicted octanol–water partition coefficient (Wildman–Crippen LogP) is -2.79. The Morgan fingerprint density at radius 2 is 2.06 bits per heavy atom. The minimum atomic E-state index is -1.59. The molecule has 1 saturated heterocycles. The molecule has 0 aliphatic carbocycles. The lowest BCUT2D eigenvalue weighted by Crippen LogP contribution is -2.64. The molecule has 0 bridgehead atoms. The first-order valence-electron chi connectivity index (χ1n) is 5.12. The second kappa shape index (κ2) is 6.50. The molecule has 5 N–H and O–H groups in total. The number of hydrogen-bond donors (Lipinski definition) is 5. The number of aliphatic hydroxyl groups excluding tert-OH is 4. The van der Waals surface area contributed by atoms with E-state index in [1.165, 1.54) is 0 Å². The number of azide groups is 1. The molecule has 1 aliphatic rings. The Kier molecular flexibility index (Phi) is 5.28. The molecule has 102 valence electrons. The monoisotopic (exact) mass is 262 g/mol. The van der Waals surface area contributed by atoms with Crippen LogP contribution in [0.25, 0.3) is 10.4 Å². The van der Waals surface area contributed by atoms with Crippen LogP contribution < -0.4 is 5.32 Å². The van der Waals surface area contributed by atoms with Gasteiger partial charge < -0.3 is 30.5 Å². The molecular weight excluding hydrogens is 248 g/mol. The second-order valence-electron chi connectivity index (χ2n) is 3.71. The number of carbonyl (C=O) groups is 1. The summed E-state index contributed by atoms with van der Waals surface area (Å²) in [5.41, 5.74) is 8.02. The summed E-state index contributed by atoms with van der Waals surface area (Å²) < 4.78 is 4.81. The zero-order chi connectivity index (χ0) is 13.7. The van der Waals surface area contributed by atoms with Crippen LogP contribution in [-0.4, -0.2) is 70.1 Å². The fraction of sp³-hybridized carbons (Fsp3) is 0.875. The zero-order valence-electron chi connectivity index (χ0n) is 9.25. The Balaban J connectivity index is 2.64. The maximum atomic E-state index is 11.2. The summed E-state index contributed by atoms with van der Waals surface area (Å²) in [4.78, 5) is 13.6. The Morgan fingerprint density at radius 3 is 2.61 bits per heavy atom. The lowest BCUT2D eigenvalue weighted by atomic mass is 9.97. The molecule has 1 rings (SSSR count). The SMILES string of the molecule is [N-]=[N+]=NCC(=O)N[C@@H]1C(O)OC(CO)[C@H](O)C1O. The normalized spacial score (nSPS) is 35.7. The van der Waals surface area contributed by atoms with Crippen LogP contribution in [0.3, 0.4) is 0 Å². The minimum Gasteiger partial charge on any atom is -0.394 e. The van der Waals surface area contributed by atoms with Crippen LogP contribution in [0.15, 0.2) is 5.11 Å². The lowest BCUT2D eigenvalue weighted by Gasteiger charge is -2.40. The zero-order valence-corrected chi connectivity index (χ0v) is 9.25. The standard InChI is InChI=1S/C8H14N4O6/c9-12-10-1-4(14)11-5-7(16)6(15)3(2-13)18-8(5)17/h3,5-8,13,15-17H,1-2H2,(H,11,14)/t3?,5-,6-,7?,8?/m0/s1. The number of hydrogen-bond acceptors (Lipinski definition) is 7. The molecule has 0 radical (unpaired) electrons. The second-order valence-corrected chi connectivity index (χ2v) is 3.71. The quantitative estimate of drug-likeness (QED) is 0.208. The van der Waals surface area contributed by atoms with Crippen LogP contribution >= 0.6 is 0 Å². The third-order valence-electron chi connectivity index (χ3n) is 2.51. The molecule has 0 spiro atoms. The van der Waals surface area contributed by atoms with E-state index >= 15 is 0 Å². The molecule has 0 aromatic carbocycles. The van der Waals surface area contributed by atoms with Crippen LogP contribution in [-0.2, 0) is 9.53 Å². The summed E-state index contributed by atoms with van der Waals surface area (Å²) in [5.74, 6) is -0.742. The van der Waals surface area contributed by atoms with Crippen molar-refractivity contribution in [2.45, 2.75) is 30.6 Å². The third kappa shape index (κ3) is 3.29. The Hall–Kier alpha value is -1.42. The highest BCUT2D eigenvalue weighted by atomic mass is 16.6. The first kappa shape index (κ1) is 14.6. The van der Waals surface area contributed by atoms with Gasteiger partial charge in [0.15, 0.2) is 6.29 Å². The Morgan fingerprint density at radius 1 is 1.39 bits per heavy atom. The van der Waals surface area contributed by atoms with Crippen LogP contribution in [0.2, 0.25) is 0 Å². The molecule has 0 aromatic rings. The van der Waals surface area contributed by atoms with Crippen molar-refractivity contribution >= 4 is 5.91 Å². The average Bonchev–Trinajstić information content (AvgIpc) is 2.36. The van der Waals surface area contributed by atoms with Crippen LogP contribution in [0.5, 0.6) is 0 Å². The van der Waals surface area contributed by atoms with E-state index in [0.29, 0.717) is 0 Å². The van der Waals surface area contributed by atoms with Crippen LogP contribution in [0.4, 0.5) is 0 Å². The summed E-state index contributed by atoms with van der Waals surface area (Å²) in [7, 11) is 0. The van der Waals surface area contributed by atoms with Gasteiger partial charge in [0.05, 0.1) is 6.61 Å². The fourth-order valence-corrected chi connectivity index (χ4v) is 1.58. The summed E-state index contributed by atoms with van der Waals surface area (Å²) in [6, 6.07) is -1.27. The average molecular weight is 262 g/mol. The van der Waals surface area contributed by atoms with Gasteiger partial charge in [-0.25, -0.2) is 0 Å². The lowest BCUT2D eigenvalue weighted by molar-refractivity contribution is -0.253. The molecule has 18 heavy (non-hydrogen) atoms. The van der Waals surface area contributed by atoms with Gasteiger partial charge in [-0.1, -0.05) is 5.11 Å². The highest BCUT2D eigenvalue weighted by Gasteiger charge is 2.44. The Bertz CT molecular complexity index is 346. The van der Waals surface area contributed by atoms with Gasteiger partial charge in [-0.15, -0.1) is 0 Å². The largest absolute Gasteiger partial charge is 0.394 e. The number of nitrogens with one attached hydrogen (secondary N) is 1. The summed E-state index contributed by atoms with van der Waals surface area (Å²) >= 11 is 0. The highest BCUT2D eigenvalue weighted by molar-refractivity contribution is 5.78. The molecule has 1 fully saturated rings. The molecule has 3 unspecified atom stereocenters.